The molecule has 0 aromatic heterocycles. The van der Waals surface area contributed by atoms with Crippen LogP contribution in [-0.2, 0) is 4.79 Å². The first-order chi connectivity index (χ1) is 7.93. The van der Waals surface area contributed by atoms with Gasteiger partial charge < -0.3 is 16.0 Å². The molecule has 5 heteroatoms. The molecular weight excluding hydrogens is 234 g/mol. The molecule has 17 heavy (non-hydrogen) atoms. The van der Waals surface area contributed by atoms with E-state index in [1.54, 1.807) is 0 Å². The van der Waals surface area contributed by atoms with Crippen molar-refractivity contribution in [2.24, 2.45) is 11.7 Å². The fraction of sp³-hybridized carbons (Fsp3) is 0.833. The van der Waals surface area contributed by atoms with E-state index in [0.717, 1.165) is 12.8 Å². The van der Waals surface area contributed by atoms with Crippen molar-refractivity contribution < 1.29 is 4.79 Å². The fourth-order valence-corrected chi connectivity index (χ4v) is 2.53. The molecule has 4 nitrogen and oxygen atoms in total. The van der Waals surface area contributed by atoms with Crippen molar-refractivity contribution in [3.05, 3.63) is 0 Å². The number of hydrogen-bond acceptors (Lipinski definition) is 3. The van der Waals surface area contributed by atoms with Crippen molar-refractivity contribution in [1.29, 1.82) is 0 Å². The molecule has 98 valence electrons. The number of thiocarbonyl (C=S) groups is 1. The lowest BCUT2D eigenvalue weighted by Crippen LogP contribution is -2.58. The molecule has 1 saturated carbocycles. The third-order valence-electron chi connectivity index (χ3n) is 3.89. The summed E-state index contributed by atoms with van der Waals surface area (Å²) in [6.07, 6.45) is 4.19. The minimum atomic E-state index is -0.329. The van der Waals surface area contributed by atoms with Gasteiger partial charge in [0.25, 0.3) is 0 Å². The van der Waals surface area contributed by atoms with Crippen molar-refractivity contribution in [2.45, 2.75) is 38.1 Å². The standard InChI is InChI=1S/C12H23N3OS/c1-4-9(10(13)17)11(16)14-8-12(15(2)3)6-5-7-12/h9H,4-8H2,1-3H3,(H2,13,17)(H,14,16). The Bertz CT molecular complexity index is 300. The molecule has 0 radical (unpaired) electrons. The minimum absolute atomic E-state index is 0.0341. The van der Waals surface area contributed by atoms with Crippen LogP contribution in [0, 0.1) is 5.92 Å². The largest absolute Gasteiger partial charge is 0.393 e. The fourth-order valence-electron chi connectivity index (χ4n) is 2.26. The van der Waals surface area contributed by atoms with Crippen LogP contribution in [0.3, 0.4) is 0 Å². The number of nitrogens with zero attached hydrogens (tertiary/aromatic N) is 1. The zero-order valence-electron chi connectivity index (χ0n) is 11.0. The first-order valence-electron chi connectivity index (χ1n) is 6.17. The van der Waals surface area contributed by atoms with Crippen molar-refractivity contribution >= 4 is 23.1 Å². The lowest BCUT2D eigenvalue weighted by molar-refractivity contribution is -0.124. The van der Waals surface area contributed by atoms with Crippen LogP contribution in [0.1, 0.15) is 32.6 Å². The predicted molar refractivity (Wildman–Crippen MR) is 73.8 cm³/mol. The zero-order valence-corrected chi connectivity index (χ0v) is 11.8. The number of nitrogens with two attached hydrogens (primary N) is 1. The van der Waals surface area contributed by atoms with Crippen LogP contribution >= 0.6 is 12.2 Å². The summed E-state index contributed by atoms with van der Waals surface area (Å²) in [5.74, 6) is -0.364. The highest BCUT2D eigenvalue weighted by atomic mass is 32.1. The van der Waals surface area contributed by atoms with Crippen molar-refractivity contribution in [3.63, 3.8) is 0 Å². The quantitative estimate of drug-likeness (QED) is 0.694. The highest BCUT2D eigenvalue weighted by Gasteiger charge is 2.39. The van der Waals surface area contributed by atoms with Crippen LogP contribution < -0.4 is 11.1 Å². The SMILES string of the molecule is CCC(C(=O)NCC1(N(C)C)CCC1)C(N)=S. The van der Waals surface area contributed by atoms with Crippen LogP contribution in [-0.4, -0.2) is 42.0 Å². The van der Waals surface area contributed by atoms with Gasteiger partial charge in [-0.15, -0.1) is 0 Å². The molecule has 0 saturated heterocycles. The van der Waals surface area contributed by atoms with E-state index >= 15 is 0 Å². The Morgan fingerprint density at radius 3 is 2.41 bits per heavy atom. The Hall–Kier alpha value is -0.680. The van der Waals surface area contributed by atoms with Crippen LogP contribution in [0.5, 0.6) is 0 Å². The summed E-state index contributed by atoms with van der Waals surface area (Å²) in [5.41, 5.74) is 5.70. The molecule has 0 heterocycles. The van der Waals surface area contributed by atoms with Gasteiger partial charge in [0.05, 0.1) is 10.9 Å². The number of nitrogens with one attached hydrogen (secondary N) is 1. The average Bonchev–Trinajstić information content (AvgIpc) is 2.15. The van der Waals surface area contributed by atoms with Gasteiger partial charge in [-0.25, -0.2) is 0 Å². The lowest BCUT2D eigenvalue weighted by Gasteiger charge is -2.47. The average molecular weight is 257 g/mol. The smallest absolute Gasteiger partial charge is 0.229 e. The minimum Gasteiger partial charge on any atom is -0.393 e. The zero-order chi connectivity index (χ0) is 13.1. The maximum atomic E-state index is 11.9. The van der Waals surface area contributed by atoms with Crippen molar-refractivity contribution in [2.75, 3.05) is 20.6 Å². The highest BCUT2D eigenvalue weighted by molar-refractivity contribution is 7.80. The molecule has 0 aliphatic heterocycles. The van der Waals surface area contributed by atoms with E-state index in [-0.39, 0.29) is 22.4 Å². The van der Waals surface area contributed by atoms with Gasteiger partial charge in [0.1, 0.15) is 0 Å². The molecule has 1 amide bonds. The second kappa shape index (κ2) is 5.78. The summed E-state index contributed by atoms with van der Waals surface area (Å²) < 4.78 is 0. The Morgan fingerprint density at radius 1 is 1.53 bits per heavy atom. The highest BCUT2D eigenvalue weighted by Crippen LogP contribution is 2.35. The van der Waals surface area contributed by atoms with Crippen LogP contribution in [0.2, 0.25) is 0 Å². The van der Waals surface area contributed by atoms with Gasteiger partial charge in [0, 0.05) is 12.1 Å². The van der Waals surface area contributed by atoms with E-state index < -0.39 is 0 Å². The summed E-state index contributed by atoms with van der Waals surface area (Å²) in [5, 5.41) is 2.99. The summed E-state index contributed by atoms with van der Waals surface area (Å²) in [7, 11) is 4.13. The number of carbonyl (C=O) groups is 1. The molecule has 0 aromatic carbocycles. The third kappa shape index (κ3) is 3.16. The van der Waals surface area contributed by atoms with Gasteiger partial charge >= 0.3 is 0 Å². The predicted octanol–water partition coefficient (Wildman–Crippen LogP) is 0.899. The molecular formula is C12H23N3OS. The monoisotopic (exact) mass is 257 g/mol. The number of likely N-dealkylation sites (N-methyl/N-ethyl adjacent to an activating group) is 1. The molecule has 1 atom stereocenters. The van der Waals surface area contributed by atoms with Gasteiger partial charge in [-0.05, 0) is 39.8 Å². The summed E-state index contributed by atoms with van der Waals surface area (Å²) in [6, 6.07) is 0. The van der Waals surface area contributed by atoms with Gasteiger partial charge in [-0.1, -0.05) is 19.1 Å². The van der Waals surface area contributed by atoms with E-state index in [9.17, 15) is 4.79 Å². The maximum Gasteiger partial charge on any atom is 0.229 e. The number of rotatable bonds is 6. The number of hydrogen-bond donors (Lipinski definition) is 2. The number of amides is 1. The van der Waals surface area contributed by atoms with Crippen molar-refractivity contribution in [3.8, 4) is 0 Å². The molecule has 1 aliphatic carbocycles. The number of carbonyl (C=O) groups excluding carboxylic acids is 1. The normalized spacial score (nSPS) is 19.5. The van der Waals surface area contributed by atoms with Gasteiger partial charge in [-0.2, -0.15) is 0 Å². The van der Waals surface area contributed by atoms with Gasteiger partial charge in [-0.3, -0.25) is 4.79 Å². The Morgan fingerprint density at radius 2 is 2.12 bits per heavy atom. The first kappa shape index (κ1) is 14.4. The molecule has 1 fully saturated rings. The molecule has 1 rings (SSSR count). The van der Waals surface area contributed by atoms with E-state index in [2.05, 4.69) is 24.3 Å². The second-order valence-electron chi connectivity index (χ2n) is 5.05. The summed E-state index contributed by atoms with van der Waals surface area (Å²) >= 11 is 4.90. The molecule has 3 N–H and O–H groups in total. The molecule has 1 aliphatic rings. The van der Waals surface area contributed by atoms with E-state index in [1.165, 1.54) is 6.42 Å². The van der Waals surface area contributed by atoms with E-state index in [1.807, 2.05) is 6.92 Å². The lowest BCUT2D eigenvalue weighted by atomic mass is 9.75. The van der Waals surface area contributed by atoms with Gasteiger partial charge in [0.2, 0.25) is 5.91 Å². The van der Waals surface area contributed by atoms with E-state index in [0.29, 0.717) is 13.0 Å². The molecule has 1 unspecified atom stereocenters. The molecule has 0 bridgehead atoms. The summed E-state index contributed by atoms with van der Waals surface area (Å²) in [6.45, 7) is 2.62. The molecule has 0 aromatic rings. The third-order valence-corrected chi connectivity index (χ3v) is 4.18. The Labute approximate surface area is 109 Å². The Balaban J connectivity index is 2.49. The van der Waals surface area contributed by atoms with Crippen LogP contribution in [0.15, 0.2) is 0 Å². The topological polar surface area (TPSA) is 58.4 Å². The molecule has 0 spiro atoms. The van der Waals surface area contributed by atoms with E-state index in [4.69, 9.17) is 18.0 Å². The van der Waals surface area contributed by atoms with Crippen LogP contribution in [0.4, 0.5) is 0 Å². The summed E-state index contributed by atoms with van der Waals surface area (Å²) in [4.78, 5) is 14.4. The first-order valence-corrected chi connectivity index (χ1v) is 6.58. The van der Waals surface area contributed by atoms with Gasteiger partial charge in [0.15, 0.2) is 0 Å². The van der Waals surface area contributed by atoms with Crippen LogP contribution in [0.25, 0.3) is 0 Å². The second-order valence-corrected chi connectivity index (χ2v) is 5.52. The Kier molecular flexibility index (Phi) is 4.89. The maximum absolute atomic E-state index is 11.9. The van der Waals surface area contributed by atoms with Crippen molar-refractivity contribution in [1.82, 2.24) is 10.2 Å².